The smallest absolute Gasteiger partial charge is 0.270 e. The highest BCUT2D eigenvalue weighted by molar-refractivity contribution is 7.17. The molecular weight excluding hydrogens is 423 g/mol. The van der Waals surface area contributed by atoms with E-state index in [2.05, 4.69) is 4.98 Å². The summed E-state index contributed by atoms with van der Waals surface area (Å²) in [6, 6.07) is 14.3. The number of nitrogens with one attached hydrogen (secondary N) is 1. The van der Waals surface area contributed by atoms with Gasteiger partial charge in [-0.25, -0.2) is 9.37 Å². The van der Waals surface area contributed by atoms with Crippen molar-refractivity contribution in [2.24, 2.45) is 0 Å². The SMILES string of the molecule is O=c1[nH]c(N2CCN(c3ccccc3F)CC2)nc2c(-c3ccc(Cl)cc3)csc12. The van der Waals surface area contributed by atoms with Crippen molar-refractivity contribution in [3.63, 3.8) is 0 Å². The molecule has 0 radical (unpaired) electrons. The molecule has 5 nitrogen and oxygen atoms in total. The Morgan fingerprint density at radius 1 is 1.00 bits per heavy atom. The van der Waals surface area contributed by atoms with Gasteiger partial charge in [-0.2, -0.15) is 0 Å². The van der Waals surface area contributed by atoms with E-state index in [9.17, 15) is 9.18 Å². The summed E-state index contributed by atoms with van der Waals surface area (Å²) in [5.41, 5.74) is 3.05. The van der Waals surface area contributed by atoms with E-state index in [4.69, 9.17) is 16.6 Å². The number of nitrogens with zero attached hydrogens (tertiary/aromatic N) is 3. The zero-order valence-corrected chi connectivity index (χ0v) is 17.5. The van der Waals surface area contributed by atoms with Crippen LogP contribution >= 0.6 is 22.9 Å². The molecule has 4 aromatic rings. The van der Waals surface area contributed by atoms with Crippen molar-refractivity contribution in [3.05, 3.63) is 75.1 Å². The van der Waals surface area contributed by atoms with E-state index in [-0.39, 0.29) is 11.4 Å². The van der Waals surface area contributed by atoms with Gasteiger partial charge >= 0.3 is 0 Å². The highest BCUT2D eigenvalue weighted by Gasteiger charge is 2.22. The summed E-state index contributed by atoms with van der Waals surface area (Å²) in [6.07, 6.45) is 0. The number of hydrogen-bond donors (Lipinski definition) is 1. The molecule has 2 aromatic carbocycles. The largest absolute Gasteiger partial charge is 0.366 e. The third kappa shape index (κ3) is 3.44. The lowest BCUT2D eigenvalue weighted by atomic mass is 10.1. The number of aromatic nitrogens is 2. The Balaban J connectivity index is 1.44. The first-order chi connectivity index (χ1) is 14.6. The Morgan fingerprint density at radius 3 is 2.43 bits per heavy atom. The first-order valence-electron chi connectivity index (χ1n) is 9.62. The number of fused-ring (bicyclic) bond motifs is 1. The molecule has 5 rings (SSSR count). The molecule has 3 heterocycles. The molecule has 1 aliphatic heterocycles. The second-order valence-electron chi connectivity index (χ2n) is 7.15. The van der Waals surface area contributed by atoms with Gasteiger partial charge in [-0.1, -0.05) is 35.9 Å². The van der Waals surface area contributed by atoms with E-state index in [0.717, 1.165) is 11.1 Å². The maximum absolute atomic E-state index is 14.1. The van der Waals surface area contributed by atoms with Crippen LogP contribution in [0.1, 0.15) is 0 Å². The highest BCUT2D eigenvalue weighted by atomic mass is 35.5. The molecule has 152 valence electrons. The molecule has 0 saturated carbocycles. The Kier molecular flexibility index (Phi) is 4.92. The van der Waals surface area contributed by atoms with Crippen LogP contribution in [-0.2, 0) is 0 Å². The van der Waals surface area contributed by atoms with Gasteiger partial charge < -0.3 is 9.80 Å². The van der Waals surface area contributed by atoms with Crippen molar-refractivity contribution in [1.29, 1.82) is 0 Å². The number of thiophene rings is 1. The van der Waals surface area contributed by atoms with Gasteiger partial charge in [-0.3, -0.25) is 9.78 Å². The van der Waals surface area contributed by atoms with Crippen molar-refractivity contribution in [2.45, 2.75) is 0 Å². The molecule has 30 heavy (non-hydrogen) atoms. The van der Waals surface area contributed by atoms with E-state index >= 15 is 0 Å². The summed E-state index contributed by atoms with van der Waals surface area (Å²) in [5, 5.41) is 2.62. The minimum atomic E-state index is -0.218. The number of aromatic amines is 1. The van der Waals surface area contributed by atoms with Crippen molar-refractivity contribution in [1.82, 2.24) is 9.97 Å². The molecule has 8 heteroatoms. The van der Waals surface area contributed by atoms with E-state index in [1.165, 1.54) is 17.4 Å². The van der Waals surface area contributed by atoms with Gasteiger partial charge in [-0.05, 0) is 29.8 Å². The van der Waals surface area contributed by atoms with Gasteiger partial charge in [0.25, 0.3) is 5.56 Å². The van der Waals surface area contributed by atoms with Crippen molar-refractivity contribution in [3.8, 4) is 11.1 Å². The Morgan fingerprint density at radius 2 is 1.70 bits per heavy atom. The van der Waals surface area contributed by atoms with Gasteiger partial charge in [0, 0.05) is 42.1 Å². The molecule has 0 atom stereocenters. The first-order valence-corrected chi connectivity index (χ1v) is 10.9. The molecule has 0 unspecified atom stereocenters. The van der Waals surface area contributed by atoms with Crippen molar-refractivity contribution >= 4 is 44.8 Å². The van der Waals surface area contributed by atoms with Gasteiger partial charge in [0.2, 0.25) is 5.95 Å². The third-order valence-corrected chi connectivity index (χ3v) is 6.56. The zero-order valence-electron chi connectivity index (χ0n) is 15.9. The summed E-state index contributed by atoms with van der Waals surface area (Å²) in [6.45, 7) is 2.58. The summed E-state index contributed by atoms with van der Waals surface area (Å²) < 4.78 is 14.7. The van der Waals surface area contributed by atoms with Gasteiger partial charge in [0.05, 0.1) is 11.2 Å². The number of piperazine rings is 1. The molecule has 0 spiro atoms. The minimum Gasteiger partial charge on any atom is -0.366 e. The number of hydrogen-bond acceptors (Lipinski definition) is 5. The third-order valence-electron chi connectivity index (χ3n) is 5.34. The monoisotopic (exact) mass is 440 g/mol. The standard InChI is InChI=1S/C22H18ClFN4OS/c23-15-7-5-14(6-8-15)16-13-30-20-19(16)25-22(26-21(20)29)28-11-9-27(10-12-28)18-4-2-1-3-17(18)24/h1-8,13H,9-12H2,(H,25,26,29). The van der Waals surface area contributed by atoms with Crippen LogP contribution in [0.3, 0.4) is 0 Å². The second-order valence-corrected chi connectivity index (χ2v) is 8.47. The van der Waals surface area contributed by atoms with E-state index in [1.54, 1.807) is 12.1 Å². The lowest BCUT2D eigenvalue weighted by molar-refractivity contribution is 0.594. The fourth-order valence-electron chi connectivity index (χ4n) is 3.77. The van der Waals surface area contributed by atoms with E-state index in [0.29, 0.717) is 53.1 Å². The predicted octanol–water partition coefficient (Wildman–Crippen LogP) is 4.77. The molecule has 1 fully saturated rings. The maximum Gasteiger partial charge on any atom is 0.270 e. The molecule has 0 amide bonds. The molecule has 1 saturated heterocycles. The Bertz CT molecular complexity index is 1260. The van der Waals surface area contributed by atoms with Crippen LogP contribution in [0, 0.1) is 5.82 Å². The molecular formula is C22H18ClFN4OS. The zero-order chi connectivity index (χ0) is 20.7. The summed E-state index contributed by atoms with van der Waals surface area (Å²) >= 11 is 7.39. The number of para-hydroxylation sites is 1. The second kappa shape index (κ2) is 7.74. The molecule has 2 aromatic heterocycles. The molecule has 1 aliphatic rings. The first kappa shape index (κ1) is 19.1. The summed E-state index contributed by atoms with van der Waals surface area (Å²) in [7, 11) is 0. The summed E-state index contributed by atoms with van der Waals surface area (Å²) in [5.74, 6) is 0.332. The number of halogens is 2. The van der Waals surface area contributed by atoms with E-state index in [1.807, 2.05) is 45.5 Å². The van der Waals surface area contributed by atoms with Crippen LogP contribution in [0.15, 0.2) is 58.7 Å². The average molecular weight is 441 g/mol. The maximum atomic E-state index is 14.1. The van der Waals surface area contributed by atoms with Crippen molar-refractivity contribution in [2.75, 3.05) is 36.0 Å². The summed E-state index contributed by atoms with van der Waals surface area (Å²) in [4.78, 5) is 24.4. The number of anilines is 2. The highest BCUT2D eigenvalue weighted by Crippen LogP contribution is 2.32. The lowest BCUT2D eigenvalue weighted by Gasteiger charge is -2.36. The number of rotatable bonds is 3. The van der Waals surface area contributed by atoms with Crippen LogP contribution in [0.4, 0.5) is 16.0 Å². The molecule has 0 aliphatic carbocycles. The van der Waals surface area contributed by atoms with Crippen LogP contribution in [0.25, 0.3) is 21.3 Å². The number of H-pyrrole nitrogens is 1. The Labute approximate surface area is 181 Å². The van der Waals surface area contributed by atoms with Gasteiger partial charge in [0.1, 0.15) is 10.5 Å². The molecule has 0 bridgehead atoms. The Hall–Kier alpha value is -2.90. The lowest BCUT2D eigenvalue weighted by Crippen LogP contribution is -2.47. The van der Waals surface area contributed by atoms with Crippen LogP contribution in [0.5, 0.6) is 0 Å². The molecule has 1 N–H and O–H groups in total. The minimum absolute atomic E-state index is 0.142. The fourth-order valence-corrected chi connectivity index (χ4v) is 4.80. The van der Waals surface area contributed by atoms with Crippen molar-refractivity contribution < 1.29 is 4.39 Å². The normalized spacial score (nSPS) is 14.5. The average Bonchev–Trinajstić information content (AvgIpc) is 3.19. The van der Waals surface area contributed by atoms with Crippen LogP contribution < -0.4 is 15.4 Å². The number of benzene rings is 2. The predicted molar refractivity (Wildman–Crippen MR) is 122 cm³/mol. The van der Waals surface area contributed by atoms with Gasteiger partial charge in [0.15, 0.2) is 0 Å². The fraction of sp³-hybridized carbons (Fsp3) is 0.182. The quantitative estimate of drug-likeness (QED) is 0.498. The van der Waals surface area contributed by atoms with Gasteiger partial charge in [-0.15, -0.1) is 11.3 Å². The van der Waals surface area contributed by atoms with Crippen LogP contribution in [-0.4, -0.2) is 36.1 Å². The van der Waals surface area contributed by atoms with Crippen LogP contribution in [0.2, 0.25) is 5.02 Å². The topological polar surface area (TPSA) is 52.2 Å². The van der Waals surface area contributed by atoms with E-state index < -0.39 is 0 Å².